The largest absolute Gasteiger partial charge is 0.436 e. The highest BCUT2D eigenvalue weighted by Crippen LogP contribution is 2.27. The second kappa shape index (κ2) is 7.06. The monoisotopic (exact) mass is 396 g/mol. The highest BCUT2D eigenvalue weighted by molar-refractivity contribution is 6.37. The van der Waals surface area contributed by atoms with Gasteiger partial charge in [0.1, 0.15) is 5.52 Å². The van der Waals surface area contributed by atoms with Crippen LogP contribution in [0.2, 0.25) is 10.0 Å². The maximum absolute atomic E-state index is 12.5. The van der Waals surface area contributed by atoms with Gasteiger partial charge in [0.15, 0.2) is 5.58 Å². The first-order chi connectivity index (χ1) is 13.0. The van der Waals surface area contributed by atoms with Gasteiger partial charge in [0.05, 0.1) is 10.6 Å². The van der Waals surface area contributed by atoms with Crippen LogP contribution >= 0.6 is 23.2 Å². The normalized spacial score (nSPS) is 10.9. The summed E-state index contributed by atoms with van der Waals surface area (Å²) in [7, 11) is 0. The molecule has 0 fully saturated rings. The zero-order chi connectivity index (χ0) is 19.0. The molecule has 1 heterocycles. The van der Waals surface area contributed by atoms with Gasteiger partial charge in [0.25, 0.3) is 5.91 Å². The first-order valence-electron chi connectivity index (χ1n) is 8.23. The van der Waals surface area contributed by atoms with Crippen molar-refractivity contribution in [3.05, 3.63) is 81.8 Å². The van der Waals surface area contributed by atoms with Crippen molar-refractivity contribution in [3.8, 4) is 11.5 Å². The Labute approximate surface area is 165 Å². The molecule has 0 spiro atoms. The zero-order valence-corrected chi connectivity index (χ0v) is 15.8. The first-order valence-corrected chi connectivity index (χ1v) is 8.99. The van der Waals surface area contributed by atoms with E-state index in [1.807, 2.05) is 31.2 Å². The van der Waals surface area contributed by atoms with Crippen LogP contribution in [0.25, 0.3) is 22.6 Å². The molecule has 0 radical (unpaired) electrons. The van der Waals surface area contributed by atoms with E-state index in [0.717, 1.165) is 11.1 Å². The van der Waals surface area contributed by atoms with E-state index in [2.05, 4.69) is 10.3 Å². The molecule has 4 rings (SSSR count). The molecule has 4 nitrogen and oxygen atoms in total. The van der Waals surface area contributed by atoms with Gasteiger partial charge in [-0.3, -0.25) is 4.79 Å². The number of aryl methyl sites for hydroxylation is 1. The summed E-state index contributed by atoms with van der Waals surface area (Å²) in [6.07, 6.45) is 0. The predicted octanol–water partition coefficient (Wildman–Crippen LogP) is 6.36. The summed E-state index contributed by atoms with van der Waals surface area (Å²) in [5.74, 6) is 0.219. The number of carbonyl (C=O) groups is 1. The highest BCUT2D eigenvalue weighted by atomic mass is 35.5. The van der Waals surface area contributed by atoms with Gasteiger partial charge in [-0.2, -0.15) is 0 Å². The molecular weight excluding hydrogens is 383 g/mol. The van der Waals surface area contributed by atoms with Gasteiger partial charge < -0.3 is 9.73 Å². The van der Waals surface area contributed by atoms with Crippen LogP contribution < -0.4 is 5.32 Å². The van der Waals surface area contributed by atoms with Crippen molar-refractivity contribution < 1.29 is 9.21 Å². The Kier molecular flexibility index (Phi) is 4.60. The van der Waals surface area contributed by atoms with E-state index in [1.54, 1.807) is 30.3 Å². The Hall–Kier alpha value is -2.82. The summed E-state index contributed by atoms with van der Waals surface area (Å²) in [5, 5.41) is 3.59. The van der Waals surface area contributed by atoms with Gasteiger partial charge in [-0.25, -0.2) is 4.98 Å². The van der Waals surface area contributed by atoms with Crippen molar-refractivity contribution >= 4 is 45.9 Å². The molecule has 3 aromatic carbocycles. The smallest absolute Gasteiger partial charge is 0.257 e. The van der Waals surface area contributed by atoms with Crippen molar-refractivity contribution in [2.24, 2.45) is 0 Å². The van der Waals surface area contributed by atoms with Crippen molar-refractivity contribution in [1.29, 1.82) is 0 Å². The Morgan fingerprint density at radius 1 is 1.04 bits per heavy atom. The van der Waals surface area contributed by atoms with Crippen LogP contribution in [0, 0.1) is 6.92 Å². The summed E-state index contributed by atoms with van der Waals surface area (Å²) in [5.41, 5.74) is 4.29. The van der Waals surface area contributed by atoms with Crippen LogP contribution in [0.1, 0.15) is 15.9 Å². The molecule has 1 N–H and O–H groups in total. The minimum Gasteiger partial charge on any atom is -0.436 e. The van der Waals surface area contributed by atoms with Crippen molar-refractivity contribution in [2.45, 2.75) is 6.92 Å². The molecule has 1 aromatic heterocycles. The number of hydrogen-bond acceptors (Lipinski definition) is 3. The number of hydrogen-bond donors (Lipinski definition) is 1. The van der Waals surface area contributed by atoms with E-state index in [1.165, 1.54) is 6.07 Å². The maximum atomic E-state index is 12.5. The number of anilines is 1. The molecule has 0 unspecified atom stereocenters. The highest BCUT2D eigenvalue weighted by Gasteiger charge is 2.13. The van der Waals surface area contributed by atoms with E-state index in [4.69, 9.17) is 27.6 Å². The number of aromatic nitrogens is 1. The fourth-order valence-corrected chi connectivity index (χ4v) is 3.27. The van der Waals surface area contributed by atoms with Crippen LogP contribution in [-0.2, 0) is 0 Å². The molecule has 27 heavy (non-hydrogen) atoms. The van der Waals surface area contributed by atoms with Gasteiger partial charge >= 0.3 is 0 Å². The molecule has 0 aliphatic rings. The fraction of sp³-hybridized carbons (Fsp3) is 0.0476. The van der Waals surface area contributed by atoms with E-state index in [0.29, 0.717) is 38.3 Å². The van der Waals surface area contributed by atoms with E-state index in [9.17, 15) is 4.79 Å². The average molecular weight is 397 g/mol. The SMILES string of the molecule is Cc1cccc(-c2nc3cc(NC(=O)c4ccc(Cl)cc4Cl)ccc3o2)c1. The maximum Gasteiger partial charge on any atom is 0.257 e. The second-order valence-electron chi connectivity index (χ2n) is 6.15. The number of nitrogens with zero attached hydrogens (tertiary/aromatic N) is 1. The van der Waals surface area contributed by atoms with Gasteiger partial charge in [-0.15, -0.1) is 0 Å². The number of halogens is 2. The summed E-state index contributed by atoms with van der Waals surface area (Å²) < 4.78 is 5.83. The molecule has 0 saturated carbocycles. The lowest BCUT2D eigenvalue weighted by Gasteiger charge is -2.06. The number of carbonyl (C=O) groups excluding carboxylic acids is 1. The average Bonchev–Trinajstić information content (AvgIpc) is 3.05. The predicted molar refractivity (Wildman–Crippen MR) is 109 cm³/mol. The summed E-state index contributed by atoms with van der Waals surface area (Å²) in [6.45, 7) is 2.02. The standard InChI is InChI=1S/C21H14Cl2N2O2/c1-12-3-2-4-13(9-12)21-25-18-11-15(6-8-19(18)27-21)24-20(26)16-7-5-14(22)10-17(16)23/h2-11H,1H3,(H,24,26). The Balaban J connectivity index is 1.62. The van der Waals surface area contributed by atoms with E-state index >= 15 is 0 Å². The van der Waals surface area contributed by atoms with Crippen molar-refractivity contribution in [2.75, 3.05) is 5.32 Å². The molecule has 6 heteroatoms. The van der Waals surface area contributed by atoms with Crippen molar-refractivity contribution in [1.82, 2.24) is 4.98 Å². The third-order valence-corrected chi connectivity index (χ3v) is 4.63. The Morgan fingerprint density at radius 3 is 2.67 bits per heavy atom. The molecule has 0 aliphatic heterocycles. The molecule has 0 bridgehead atoms. The molecule has 1 amide bonds. The van der Waals surface area contributed by atoms with Crippen LogP contribution in [0.5, 0.6) is 0 Å². The number of amides is 1. The van der Waals surface area contributed by atoms with E-state index in [-0.39, 0.29) is 5.91 Å². The number of benzene rings is 3. The minimum absolute atomic E-state index is 0.296. The zero-order valence-electron chi connectivity index (χ0n) is 14.3. The minimum atomic E-state index is -0.321. The molecular formula is C21H14Cl2N2O2. The summed E-state index contributed by atoms with van der Waals surface area (Å²) in [6, 6.07) is 18.0. The van der Waals surface area contributed by atoms with Crippen molar-refractivity contribution in [3.63, 3.8) is 0 Å². The van der Waals surface area contributed by atoms with Gasteiger partial charge in [0, 0.05) is 16.3 Å². The Bertz CT molecular complexity index is 1170. The fourth-order valence-electron chi connectivity index (χ4n) is 2.78. The first kappa shape index (κ1) is 17.6. The lowest BCUT2D eigenvalue weighted by atomic mass is 10.1. The topological polar surface area (TPSA) is 55.1 Å². The van der Waals surface area contributed by atoms with Gasteiger partial charge in [-0.05, 0) is 55.5 Å². The number of oxazole rings is 1. The van der Waals surface area contributed by atoms with Gasteiger partial charge in [-0.1, -0.05) is 40.9 Å². The molecule has 4 aromatic rings. The third-order valence-electron chi connectivity index (χ3n) is 4.09. The molecule has 0 aliphatic carbocycles. The number of nitrogens with one attached hydrogen (secondary N) is 1. The second-order valence-corrected chi connectivity index (χ2v) is 6.99. The van der Waals surface area contributed by atoms with E-state index < -0.39 is 0 Å². The summed E-state index contributed by atoms with van der Waals surface area (Å²) >= 11 is 12.0. The van der Waals surface area contributed by atoms with Gasteiger partial charge in [0.2, 0.25) is 5.89 Å². The summed E-state index contributed by atoms with van der Waals surface area (Å²) in [4.78, 5) is 17.0. The molecule has 0 saturated heterocycles. The molecule has 134 valence electrons. The quantitative estimate of drug-likeness (QED) is 0.438. The third kappa shape index (κ3) is 3.68. The number of fused-ring (bicyclic) bond motifs is 1. The van der Waals surface area contributed by atoms with Crippen LogP contribution in [0.3, 0.4) is 0 Å². The lowest BCUT2D eigenvalue weighted by molar-refractivity contribution is 0.102. The van der Waals surface area contributed by atoms with Crippen LogP contribution in [0.4, 0.5) is 5.69 Å². The van der Waals surface area contributed by atoms with Crippen LogP contribution in [0.15, 0.2) is 65.1 Å². The lowest BCUT2D eigenvalue weighted by Crippen LogP contribution is -2.12. The Morgan fingerprint density at radius 2 is 1.89 bits per heavy atom. The van der Waals surface area contributed by atoms with Crippen LogP contribution in [-0.4, -0.2) is 10.9 Å². The number of rotatable bonds is 3. The molecule has 0 atom stereocenters.